The van der Waals surface area contributed by atoms with Gasteiger partial charge in [0.2, 0.25) is 0 Å². The number of hydrogen-bond donors (Lipinski definition) is 3. The first-order valence-corrected chi connectivity index (χ1v) is 8.58. The number of piperidine rings is 1. The number of anilines is 1. The van der Waals surface area contributed by atoms with E-state index in [9.17, 15) is 15.0 Å². The molecule has 0 bridgehead atoms. The third kappa shape index (κ3) is 2.70. The number of fused-ring (bicyclic) bond motifs is 1. The van der Waals surface area contributed by atoms with Gasteiger partial charge in [0.05, 0.1) is 11.5 Å². The summed E-state index contributed by atoms with van der Waals surface area (Å²) in [5.41, 5.74) is 0.322. The van der Waals surface area contributed by atoms with E-state index >= 15 is 0 Å². The van der Waals surface area contributed by atoms with Gasteiger partial charge in [0, 0.05) is 19.3 Å². The molecule has 2 atom stereocenters. The number of aromatic amines is 1. The van der Waals surface area contributed by atoms with E-state index in [1.165, 1.54) is 6.33 Å². The molecular formula is C19H20N4O3. The second-order valence-electron chi connectivity index (χ2n) is 6.79. The molecule has 1 aliphatic rings. The van der Waals surface area contributed by atoms with Crippen LogP contribution >= 0.6 is 0 Å². The number of aliphatic hydroxyl groups is 1. The standard InChI is InChI=1S/C19H20N4O3/c24-15-7-9-23(17-14-6-8-20-16(14)21-12-22-17)11-19(15,18(25)26)10-13-4-2-1-3-5-13/h1-6,8,12,15,24H,7,9-11H2,(H,25,26)(H,20,21,22)/t15-,19+/m0/s1. The van der Waals surface area contributed by atoms with E-state index in [0.717, 1.165) is 10.9 Å². The van der Waals surface area contributed by atoms with Gasteiger partial charge in [-0.3, -0.25) is 4.79 Å². The van der Waals surface area contributed by atoms with Crippen LogP contribution in [0.25, 0.3) is 11.0 Å². The molecule has 0 amide bonds. The Bertz CT molecular complexity index is 927. The maximum absolute atomic E-state index is 12.3. The third-order valence-electron chi connectivity index (χ3n) is 5.20. The Labute approximate surface area is 150 Å². The van der Waals surface area contributed by atoms with Gasteiger partial charge in [0.15, 0.2) is 0 Å². The zero-order valence-electron chi connectivity index (χ0n) is 14.2. The van der Waals surface area contributed by atoms with Crippen molar-refractivity contribution < 1.29 is 15.0 Å². The fraction of sp³-hybridized carbons (Fsp3) is 0.316. The van der Waals surface area contributed by atoms with Crippen molar-refractivity contribution >= 4 is 22.8 Å². The van der Waals surface area contributed by atoms with Gasteiger partial charge in [-0.25, -0.2) is 9.97 Å². The number of nitrogens with one attached hydrogen (secondary N) is 1. The lowest BCUT2D eigenvalue weighted by Crippen LogP contribution is -2.57. The summed E-state index contributed by atoms with van der Waals surface area (Å²) in [6.45, 7) is 0.734. The Hall–Kier alpha value is -2.93. The van der Waals surface area contributed by atoms with Crippen molar-refractivity contribution in [2.75, 3.05) is 18.0 Å². The maximum atomic E-state index is 12.3. The molecule has 0 saturated carbocycles. The molecule has 0 spiro atoms. The van der Waals surface area contributed by atoms with Crippen LogP contribution in [0.2, 0.25) is 0 Å². The second-order valence-corrected chi connectivity index (χ2v) is 6.79. The summed E-state index contributed by atoms with van der Waals surface area (Å²) in [6, 6.07) is 11.3. The molecule has 134 valence electrons. The zero-order chi connectivity index (χ0) is 18.1. The van der Waals surface area contributed by atoms with Crippen molar-refractivity contribution in [2.45, 2.75) is 18.9 Å². The Balaban J connectivity index is 1.72. The number of nitrogens with zero attached hydrogens (tertiary/aromatic N) is 3. The van der Waals surface area contributed by atoms with E-state index in [4.69, 9.17) is 0 Å². The molecule has 26 heavy (non-hydrogen) atoms. The van der Waals surface area contributed by atoms with Crippen LogP contribution in [-0.4, -0.2) is 50.3 Å². The van der Waals surface area contributed by atoms with E-state index in [1.807, 2.05) is 41.3 Å². The molecule has 2 aromatic heterocycles. The van der Waals surface area contributed by atoms with Crippen molar-refractivity contribution in [3.8, 4) is 0 Å². The van der Waals surface area contributed by atoms with Crippen molar-refractivity contribution in [1.29, 1.82) is 0 Å². The number of aliphatic carboxylic acids is 1. The zero-order valence-corrected chi connectivity index (χ0v) is 14.2. The predicted octanol–water partition coefficient (Wildman–Crippen LogP) is 1.84. The topological polar surface area (TPSA) is 102 Å². The number of H-pyrrole nitrogens is 1. The average molecular weight is 352 g/mol. The minimum absolute atomic E-state index is 0.190. The monoisotopic (exact) mass is 352 g/mol. The molecular weight excluding hydrogens is 332 g/mol. The minimum atomic E-state index is -1.28. The molecule has 3 heterocycles. The number of aliphatic hydroxyl groups excluding tert-OH is 1. The lowest BCUT2D eigenvalue weighted by atomic mass is 9.73. The second kappa shape index (κ2) is 6.42. The highest BCUT2D eigenvalue weighted by Gasteiger charge is 2.49. The molecule has 7 heteroatoms. The van der Waals surface area contributed by atoms with E-state index < -0.39 is 17.5 Å². The minimum Gasteiger partial charge on any atom is -0.481 e. The molecule has 3 aromatic rings. The van der Waals surface area contributed by atoms with Crippen LogP contribution < -0.4 is 4.90 Å². The maximum Gasteiger partial charge on any atom is 0.314 e. The van der Waals surface area contributed by atoms with Crippen LogP contribution in [0, 0.1) is 5.41 Å². The normalized spacial score (nSPS) is 23.3. The van der Waals surface area contributed by atoms with E-state index in [0.29, 0.717) is 24.4 Å². The van der Waals surface area contributed by atoms with Crippen LogP contribution in [0.4, 0.5) is 5.82 Å². The van der Waals surface area contributed by atoms with Crippen molar-refractivity contribution in [3.05, 3.63) is 54.5 Å². The van der Waals surface area contributed by atoms with Crippen molar-refractivity contribution in [1.82, 2.24) is 15.0 Å². The molecule has 1 aromatic carbocycles. The van der Waals surface area contributed by atoms with Crippen LogP contribution in [0.1, 0.15) is 12.0 Å². The number of benzene rings is 1. The summed E-state index contributed by atoms with van der Waals surface area (Å²) in [5.74, 6) is -0.292. The number of hydrogen-bond acceptors (Lipinski definition) is 5. The Morgan fingerprint density at radius 1 is 1.27 bits per heavy atom. The van der Waals surface area contributed by atoms with Crippen molar-refractivity contribution in [2.24, 2.45) is 5.41 Å². The van der Waals surface area contributed by atoms with Gasteiger partial charge in [-0.1, -0.05) is 30.3 Å². The molecule has 1 aliphatic heterocycles. The van der Waals surface area contributed by atoms with E-state index in [1.54, 1.807) is 6.20 Å². The fourth-order valence-corrected chi connectivity index (χ4v) is 3.79. The summed E-state index contributed by atoms with van der Waals surface area (Å²) in [4.78, 5) is 25.8. The van der Waals surface area contributed by atoms with Gasteiger partial charge in [-0.15, -0.1) is 0 Å². The Morgan fingerprint density at radius 3 is 2.85 bits per heavy atom. The largest absolute Gasteiger partial charge is 0.481 e. The highest BCUT2D eigenvalue weighted by molar-refractivity contribution is 5.88. The van der Waals surface area contributed by atoms with E-state index in [2.05, 4.69) is 15.0 Å². The van der Waals surface area contributed by atoms with Gasteiger partial charge in [0.1, 0.15) is 23.2 Å². The Kier molecular flexibility index (Phi) is 4.08. The van der Waals surface area contributed by atoms with Gasteiger partial charge in [-0.2, -0.15) is 0 Å². The first kappa shape index (κ1) is 16.5. The molecule has 1 fully saturated rings. The number of aromatic nitrogens is 3. The summed E-state index contributed by atoms with van der Waals surface area (Å²) >= 11 is 0. The molecule has 3 N–H and O–H groups in total. The summed E-state index contributed by atoms with van der Waals surface area (Å²) in [7, 11) is 0. The first-order valence-electron chi connectivity index (χ1n) is 8.58. The average Bonchev–Trinajstić information content (AvgIpc) is 3.13. The predicted molar refractivity (Wildman–Crippen MR) is 96.9 cm³/mol. The van der Waals surface area contributed by atoms with E-state index in [-0.39, 0.29) is 13.0 Å². The summed E-state index contributed by atoms with van der Waals surface area (Å²) in [6.07, 6.45) is 2.98. The van der Waals surface area contributed by atoms with Crippen LogP contribution in [0.15, 0.2) is 48.9 Å². The van der Waals surface area contributed by atoms with Gasteiger partial charge in [-0.05, 0) is 24.5 Å². The fourth-order valence-electron chi connectivity index (χ4n) is 3.79. The lowest BCUT2D eigenvalue weighted by Gasteiger charge is -2.44. The molecule has 4 rings (SSSR count). The van der Waals surface area contributed by atoms with Crippen LogP contribution in [0.3, 0.4) is 0 Å². The number of rotatable bonds is 4. The molecule has 0 unspecified atom stereocenters. The Morgan fingerprint density at radius 2 is 2.08 bits per heavy atom. The summed E-state index contributed by atoms with van der Waals surface area (Å²) in [5, 5.41) is 21.5. The van der Waals surface area contributed by atoms with Crippen LogP contribution in [-0.2, 0) is 11.2 Å². The molecule has 1 saturated heterocycles. The molecule has 0 aliphatic carbocycles. The lowest BCUT2D eigenvalue weighted by molar-refractivity contribution is -0.157. The highest BCUT2D eigenvalue weighted by atomic mass is 16.4. The van der Waals surface area contributed by atoms with Gasteiger partial charge >= 0.3 is 5.97 Å². The quantitative estimate of drug-likeness (QED) is 0.662. The van der Waals surface area contributed by atoms with Crippen LogP contribution in [0.5, 0.6) is 0 Å². The van der Waals surface area contributed by atoms with Gasteiger partial charge < -0.3 is 20.1 Å². The SMILES string of the molecule is O=C(O)[C@]1(Cc2ccccc2)CN(c2ncnc3[nH]ccc23)CC[C@@H]1O. The smallest absolute Gasteiger partial charge is 0.314 e. The number of carbonyl (C=O) groups is 1. The highest BCUT2D eigenvalue weighted by Crippen LogP contribution is 2.37. The van der Waals surface area contributed by atoms with Gasteiger partial charge in [0.25, 0.3) is 0 Å². The van der Waals surface area contributed by atoms with Crippen molar-refractivity contribution in [3.63, 3.8) is 0 Å². The molecule has 7 nitrogen and oxygen atoms in total. The third-order valence-corrected chi connectivity index (χ3v) is 5.20. The molecule has 0 radical (unpaired) electrons. The first-order chi connectivity index (χ1) is 12.6. The summed E-state index contributed by atoms with van der Waals surface area (Å²) < 4.78 is 0. The number of carboxylic acid groups (broad SMARTS) is 1. The number of carboxylic acids is 1.